The van der Waals surface area contributed by atoms with Crippen LogP contribution >= 0.6 is 0 Å². The molecule has 0 saturated carbocycles. The molecule has 0 aliphatic carbocycles. The van der Waals surface area contributed by atoms with Crippen LogP contribution in [0.25, 0.3) is 65.3 Å². The maximum Gasteiger partial charge on any atom is 0.271 e. The summed E-state index contributed by atoms with van der Waals surface area (Å²) in [5.74, 6) is 0. The molecule has 0 radical (unpaired) electrons. The molecule has 10 nitrogen and oxygen atoms in total. The first-order chi connectivity index (χ1) is 43.1. The minimum absolute atomic E-state index is 0.0764. The third-order valence-electron chi connectivity index (χ3n) is 16.3. The fourth-order valence-electron chi connectivity index (χ4n) is 11.4. The highest BCUT2D eigenvalue weighted by molar-refractivity contribution is 5.95. The van der Waals surface area contributed by atoms with Gasteiger partial charge in [-0.2, -0.15) is 0 Å². The minimum Gasteiger partial charge on any atom is -0.345 e. The molecule has 14 rings (SSSR count). The fourth-order valence-corrected chi connectivity index (χ4v) is 11.4. The van der Waals surface area contributed by atoms with Crippen molar-refractivity contribution in [1.82, 2.24) is 0 Å². The Balaban J connectivity index is 0.000000162. The van der Waals surface area contributed by atoms with E-state index in [-0.39, 0.29) is 21.2 Å². The molecular weight excluding hydrogens is 1080 g/mol. The Morgan fingerprint density at radius 1 is 0.227 bits per heavy atom. The summed E-state index contributed by atoms with van der Waals surface area (Å²) in [5.41, 5.74) is 14.7. The van der Waals surface area contributed by atoms with E-state index in [0.717, 1.165) is 79.1 Å². The predicted molar refractivity (Wildman–Crippen MR) is 365 cm³/mol. The van der Waals surface area contributed by atoms with Crippen molar-refractivity contribution in [3.63, 3.8) is 0 Å². The number of rotatable bonds is 14. The molecule has 0 heterocycles. The van der Waals surface area contributed by atoms with E-state index in [4.69, 9.17) is 0 Å². The highest BCUT2D eigenvalue weighted by Crippen LogP contribution is 2.41. The van der Waals surface area contributed by atoms with Gasteiger partial charge in [0.25, 0.3) is 11.4 Å². The van der Waals surface area contributed by atoms with E-state index in [9.17, 15) is 20.2 Å². The molecule has 0 aromatic heterocycles. The SMILES string of the molecule is CN(c1ccc(-c2ccc(N(c3ccc4ccccc4c3)c3ccc4ccccc4c3)cc2)cc1)c1ccc([N+](=O)[O-])cc1.CN(c1ccc(-c2ccc(N(c3ccc4ccccc4c3)c3ccc4ccccc4c3)cc2)cc1)c1cccc([N+](=O)[O-])c1. The normalized spacial score (nSPS) is 11.0. The van der Waals surface area contributed by atoms with Gasteiger partial charge in [0.15, 0.2) is 0 Å². The van der Waals surface area contributed by atoms with Gasteiger partial charge in [-0.25, -0.2) is 0 Å². The van der Waals surface area contributed by atoms with Crippen molar-refractivity contribution in [2.24, 2.45) is 0 Å². The van der Waals surface area contributed by atoms with Gasteiger partial charge in [0, 0.05) is 95.2 Å². The monoisotopic (exact) mass is 1140 g/mol. The van der Waals surface area contributed by atoms with Crippen molar-refractivity contribution >= 4 is 111 Å². The van der Waals surface area contributed by atoms with E-state index in [2.05, 4.69) is 265 Å². The van der Waals surface area contributed by atoms with E-state index in [1.54, 1.807) is 24.3 Å². The van der Waals surface area contributed by atoms with Crippen LogP contribution < -0.4 is 19.6 Å². The molecule has 0 fully saturated rings. The number of nitro groups is 2. The number of non-ortho nitro benzene ring substituents is 2. The average Bonchev–Trinajstić information content (AvgIpc) is 3.73. The summed E-state index contributed by atoms with van der Waals surface area (Å²) in [7, 11) is 3.87. The van der Waals surface area contributed by atoms with E-state index < -0.39 is 0 Å². The molecule has 0 bridgehead atoms. The van der Waals surface area contributed by atoms with Crippen LogP contribution in [0.2, 0.25) is 0 Å². The molecule has 0 N–H and O–H groups in total. The van der Waals surface area contributed by atoms with Crippen molar-refractivity contribution in [3.8, 4) is 22.3 Å². The number of anilines is 10. The zero-order chi connectivity index (χ0) is 60.1. The summed E-state index contributed by atoms with van der Waals surface area (Å²) < 4.78 is 0. The molecule has 88 heavy (non-hydrogen) atoms. The third-order valence-corrected chi connectivity index (χ3v) is 16.3. The number of benzene rings is 14. The second-order valence-corrected chi connectivity index (χ2v) is 21.7. The maximum absolute atomic E-state index is 11.2. The molecule has 0 aliphatic heterocycles. The molecular formula is C78H58N6O4. The Labute approximate surface area is 510 Å². The average molecular weight is 1140 g/mol. The highest BCUT2D eigenvalue weighted by Gasteiger charge is 2.18. The van der Waals surface area contributed by atoms with Gasteiger partial charge in [-0.1, -0.05) is 176 Å². The van der Waals surface area contributed by atoms with Crippen molar-refractivity contribution < 1.29 is 9.85 Å². The molecule has 14 aromatic rings. The van der Waals surface area contributed by atoms with E-state index >= 15 is 0 Å². The van der Waals surface area contributed by atoms with Gasteiger partial charge in [-0.05, 0) is 181 Å². The van der Waals surface area contributed by atoms with Crippen LogP contribution in [0.5, 0.6) is 0 Å². The Morgan fingerprint density at radius 3 is 0.795 bits per heavy atom. The molecule has 10 heteroatoms. The first kappa shape index (κ1) is 55.3. The van der Waals surface area contributed by atoms with Gasteiger partial charge < -0.3 is 19.6 Å². The summed E-state index contributed by atoms with van der Waals surface area (Å²) in [4.78, 5) is 30.1. The smallest absolute Gasteiger partial charge is 0.271 e. The number of nitrogens with zero attached hydrogens (tertiary/aromatic N) is 6. The van der Waals surface area contributed by atoms with Gasteiger partial charge in [0.2, 0.25) is 0 Å². The van der Waals surface area contributed by atoms with Gasteiger partial charge in [0.1, 0.15) is 0 Å². The second-order valence-electron chi connectivity index (χ2n) is 21.7. The van der Waals surface area contributed by atoms with Gasteiger partial charge >= 0.3 is 0 Å². The quantitative estimate of drug-likeness (QED) is 0.0784. The number of nitro benzene ring substituents is 2. The summed E-state index contributed by atoms with van der Waals surface area (Å²) >= 11 is 0. The van der Waals surface area contributed by atoms with Crippen LogP contribution in [0.15, 0.2) is 315 Å². The second kappa shape index (κ2) is 24.4. The van der Waals surface area contributed by atoms with Crippen molar-refractivity contribution in [2.75, 3.05) is 33.7 Å². The first-order valence-corrected chi connectivity index (χ1v) is 29.0. The third kappa shape index (κ3) is 11.7. The number of hydrogen-bond donors (Lipinski definition) is 0. The Morgan fingerprint density at radius 2 is 0.489 bits per heavy atom. The highest BCUT2D eigenvalue weighted by atomic mass is 16.6. The van der Waals surface area contributed by atoms with E-state index in [1.165, 1.54) is 61.3 Å². The van der Waals surface area contributed by atoms with Crippen molar-refractivity contribution in [2.45, 2.75) is 0 Å². The number of fused-ring (bicyclic) bond motifs is 4. The lowest BCUT2D eigenvalue weighted by Crippen LogP contribution is -2.10. The fraction of sp³-hybridized carbons (Fsp3) is 0.0256. The standard InChI is InChI=1S/2C39H29N3O2/c1-40(36-11-6-12-39(27-36)42(43)44)34-19-13-30(14-20-34)31-15-21-35(22-16-31)41(37-23-17-28-7-2-4-9-32(28)25-37)38-24-18-29-8-3-5-10-33(29)26-38;1-40(35-22-24-37(25-23-35)42(43)44)34-16-10-30(11-17-34)31-12-18-36(19-13-31)41(38-20-14-28-6-2-4-8-32(28)26-38)39-21-15-29-7-3-5-9-33(29)27-39/h2*2-27H,1H3. The zero-order valence-corrected chi connectivity index (χ0v) is 48.3. The Bertz CT molecular complexity index is 4690. The molecule has 14 aromatic carbocycles. The summed E-state index contributed by atoms with van der Waals surface area (Å²) in [6.07, 6.45) is 0. The molecule has 0 saturated heterocycles. The Hall–Kier alpha value is -11.9. The molecule has 0 atom stereocenters. The van der Waals surface area contributed by atoms with Crippen LogP contribution in [0.3, 0.4) is 0 Å². The van der Waals surface area contributed by atoms with Crippen LogP contribution in [-0.4, -0.2) is 23.9 Å². The lowest BCUT2D eigenvalue weighted by atomic mass is 10.0. The molecule has 0 spiro atoms. The van der Waals surface area contributed by atoms with E-state index in [0.29, 0.717) is 0 Å². The largest absolute Gasteiger partial charge is 0.345 e. The lowest BCUT2D eigenvalue weighted by Gasteiger charge is -2.26. The Kier molecular flexibility index (Phi) is 15.3. The lowest BCUT2D eigenvalue weighted by molar-refractivity contribution is -0.385. The van der Waals surface area contributed by atoms with Crippen LogP contribution in [0.1, 0.15) is 0 Å². The summed E-state index contributed by atoms with van der Waals surface area (Å²) in [6, 6.07) is 107. The van der Waals surface area contributed by atoms with Crippen LogP contribution in [0.4, 0.5) is 68.2 Å². The maximum atomic E-state index is 11.2. The summed E-state index contributed by atoms with van der Waals surface area (Å²) in [6.45, 7) is 0. The van der Waals surface area contributed by atoms with Crippen molar-refractivity contribution in [1.29, 1.82) is 0 Å². The van der Waals surface area contributed by atoms with Crippen LogP contribution in [0, 0.1) is 20.2 Å². The number of hydrogen-bond acceptors (Lipinski definition) is 8. The molecule has 0 amide bonds. The molecule has 424 valence electrons. The molecule has 0 unspecified atom stereocenters. The van der Waals surface area contributed by atoms with Gasteiger partial charge in [-0.3, -0.25) is 20.2 Å². The van der Waals surface area contributed by atoms with Gasteiger partial charge in [0.05, 0.1) is 9.85 Å². The van der Waals surface area contributed by atoms with E-state index in [1.807, 2.05) is 42.1 Å². The van der Waals surface area contributed by atoms with Crippen molar-refractivity contribution in [3.05, 3.63) is 336 Å². The molecule has 0 aliphatic rings. The topological polar surface area (TPSA) is 99.2 Å². The predicted octanol–water partition coefficient (Wildman–Crippen LogP) is 21.6. The zero-order valence-electron chi connectivity index (χ0n) is 48.3. The summed E-state index contributed by atoms with van der Waals surface area (Å²) in [5, 5.41) is 31.9. The van der Waals surface area contributed by atoms with Gasteiger partial charge in [-0.15, -0.1) is 0 Å². The van der Waals surface area contributed by atoms with Crippen LogP contribution in [-0.2, 0) is 0 Å². The first-order valence-electron chi connectivity index (χ1n) is 29.0. The minimum atomic E-state index is -0.382.